The Morgan fingerprint density at radius 3 is 2.36 bits per heavy atom. The quantitative estimate of drug-likeness (QED) is 0.805. The molecule has 0 saturated carbocycles. The van der Waals surface area contributed by atoms with Gasteiger partial charge in [-0.15, -0.1) is 0 Å². The summed E-state index contributed by atoms with van der Waals surface area (Å²) in [4.78, 5) is 0.336. The molecule has 118 valence electrons. The number of aromatic hydroxyl groups is 1. The molecule has 0 atom stereocenters. The maximum Gasteiger partial charge on any atom is 0.240 e. The smallest absolute Gasteiger partial charge is 0.240 e. The fourth-order valence-electron chi connectivity index (χ4n) is 2.34. The first-order chi connectivity index (χ1) is 10.4. The normalized spacial score (nSPS) is 11.5. The largest absolute Gasteiger partial charge is 0.508 e. The SMILES string of the molecule is Cc1ccc(S(=O)(=O)NCCCc2ccc(O)cc2)c(C)c1. The van der Waals surface area contributed by atoms with Crippen LogP contribution in [0.25, 0.3) is 0 Å². The summed E-state index contributed by atoms with van der Waals surface area (Å²) in [7, 11) is -3.46. The fraction of sp³-hybridized carbons (Fsp3) is 0.294. The summed E-state index contributed by atoms with van der Waals surface area (Å²) in [6.45, 7) is 4.13. The van der Waals surface area contributed by atoms with E-state index in [1.807, 2.05) is 25.1 Å². The summed E-state index contributed by atoms with van der Waals surface area (Å²) >= 11 is 0. The summed E-state index contributed by atoms with van der Waals surface area (Å²) in [6, 6.07) is 12.3. The Hall–Kier alpha value is -1.85. The zero-order valence-electron chi connectivity index (χ0n) is 12.8. The number of phenolic OH excluding ortho intramolecular Hbond substituents is 1. The summed E-state index contributed by atoms with van der Waals surface area (Å²) in [6.07, 6.45) is 1.46. The van der Waals surface area contributed by atoms with Gasteiger partial charge in [0.05, 0.1) is 4.90 Å². The van der Waals surface area contributed by atoms with Gasteiger partial charge < -0.3 is 5.11 Å². The highest BCUT2D eigenvalue weighted by Crippen LogP contribution is 2.16. The second-order valence-electron chi connectivity index (χ2n) is 5.44. The predicted octanol–water partition coefficient (Wildman–Crippen LogP) is 2.92. The lowest BCUT2D eigenvalue weighted by Crippen LogP contribution is -2.25. The molecule has 0 aliphatic carbocycles. The van der Waals surface area contributed by atoms with Crippen LogP contribution in [0.5, 0.6) is 5.75 Å². The molecule has 5 heteroatoms. The van der Waals surface area contributed by atoms with Crippen molar-refractivity contribution in [3.8, 4) is 5.75 Å². The van der Waals surface area contributed by atoms with Crippen LogP contribution in [0.3, 0.4) is 0 Å². The second kappa shape index (κ2) is 6.94. The molecule has 0 spiro atoms. The Kier molecular flexibility index (Phi) is 5.21. The number of sulfonamides is 1. The molecule has 0 aromatic heterocycles. The molecule has 0 aliphatic rings. The molecular formula is C17H21NO3S. The number of hydrogen-bond donors (Lipinski definition) is 2. The molecule has 22 heavy (non-hydrogen) atoms. The molecule has 0 bridgehead atoms. The van der Waals surface area contributed by atoms with Crippen molar-refractivity contribution in [3.63, 3.8) is 0 Å². The zero-order valence-corrected chi connectivity index (χ0v) is 13.7. The summed E-state index contributed by atoms with van der Waals surface area (Å²) in [5.74, 6) is 0.235. The predicted molar refractivity (Wildman–Crippen MR) is 87.5 cm³/mol. The van der Waals surface area contributed by atoms with Crippen LogP contribution in [-0.4, -0.2) is 20.1 Å². The Balaban J connectivity index is 1.91. The van der Waals surface area contributed by atoms with Gasteiger partial charge in [-0.05, 0) is 56.0 Å². The Morgan fingerprint density at radius 2 is 1.73 bits per heavy atom. The lowest BCUT2D eigenvalue weighted by molar-refractivity contribution is 0.475. The maximum atomic E-state index is 12.3. The van der Waals surface area contributed by atoms with E-state index in [0.717, 1.165) is 23.1 Å². The van der Waals surface area contributed by atoms with Gasteiger partial charge >= 0.3 is 0 Å². The van der Waals surface area contributed by atoms with Crippen LogP contribution in [0.1, 0.15) is 23.1 Å². The van der Waals surface area contributed by atoms with Crippen molar-refractivity contribution in [2.75, 3.05) is 6.54 Å². The van der Waals surface area contributed by atoms with Crippen LogP contribution in [-0.2, 0) is 16.4 Å². The summed E-state index contributed by atoms with van der Waals surface area (Å²) in [5.41, 5.74) is 2.87. The van der Waals surface area contributed by atoms with E-state index < -0.39 is 10.0 Å². The lowest BCUT2D eigenvalue weighted by Gasteiger charge is -2.10. The van der Waals surface area contributed by atoms with Crippen LogP contribution in [0.2, 0.25) is 0 Å². The van der Waals surface area contributed by atoms with Crippen molar-refractivity contribution < 1.29 is 13.5 Å². The molecule has 0 saturated heterocycles. The van der Waals surface area contributed by atoms with E-state index in [-0.39, 0.29) is 5.75 Å². The van der Waals surface area contributed by atoms with Crippen molar-refractivity contribution in [2.45, 2.75) is 31.6 Å². The average Bonchev–Trinajstić information content (AvgIpc) is 2.45. The second-order valence-corrected chi connectivity index (χ2v) is 7.17. The highest BCUT2D eigenvalue weighted by molar-refractivity contribution is 7.89. The fourth-order valence-corrected chi connectivity index (χ4v) is 3.64. The average molecular weight is 319 g/mol. The number of nitrogens with one attached hydrogen (secondary N) is 1. The van der Waals surface area contributed by atoms with E-state index in [9.17, 15) is 13.5 Å². The molecule has 4 nitrogen and oxygen atoms in total. The number of hydrogen-bond acceptors (Lipinski definition) is 3. The molecule has 0 aliphatic heterocycles. The molecule has 0 unspecified atom stereocenters. The zero-order chi connectivity index (χ0) is 16.2. The van der Waals surface area contributed by atoms with E-state index in [4.69, 9.17) is 0 Å². The van der Waals surface area contributed by atoms with Gasteiger partial charge in [-0.25, -0.2) is 13.1 Å². The standard InChI is InChI=1S/C17H21NO3S/c1-13-5-10-17(14(2)12-13)22(20,21)18-11-3-4-15-6-8-16(19)9-7-15/h5-10,12,18-19H,3-4,11H2,1-2H3. The molecular weight excluding hydrogens is 298 g/mol. The molecule has 2 aromatic rings. The van der Waals surface area contributed by atoms with Crippen LogP contribution < -0.4 is 4.72 Å². The number of aryl methyl sites for hydroxylation is 3. The number of benzene rings is 2. The van der Waals surface area contributed by atoms with Crippen molar-refractivity contribution in [1.29, 1.82) is 0 Å². The third-order valence-electron chi connectivity index (χ3n) is 3.49. The van der Waals surface area contributed by atoms with Crippen LogP contribution in [0.15, 0.2) is 47.4 Å². The van der Waals surface area contributed by atoms with Gasteiger partial charge in [0.2, 0.25) is 10.0 Å². The van der Waals surface area contributed by atoms with Crippen molar-refractivity contribution >= 4 is 10.0 Å². The van der Waals surface area contributed by atoms with Crippen LogP contribution in [0, 0.1) is 13.8 Å². The Bertz CT molecular complexity index is 737. The molecule has 0 amide bonds. The Labute approximate surface area is 131 Å². The molecule has 2 aromatic carbocycles. The number of phenols is 1. The van der Waals surface area contributed by atoms with Gasteiger partial charge in [0.1, 0.15) is 5.75 Å². The van der Waals surface area contributed by atoms with Gasteiger partial charge in [0, 0.05) is 6.54 Å². The number of rotatable bonds is 6. The third kappa shape index (κ3) is 4.32. The minimum absolute atomic E-state index is 0.235. The van der Waals surface area contributed by atoms with Gasteiger partial charge in [-0.2, -0.15) is 0 Å². The minimum Gasteiger partial charge on any atom is -0.508 e. The third-order valence-corrected chi connectivity index (χ3v) is 5.11. The van der Waals surface area contributed by atoms with E-state index in [2.05, 4.69) is 4.72 Å². The topological polar surface area (TPSA) is 66.4 Å². The summed E-state index contributed by atoms with van der Waals surface area (Å²) in [5, 5.41) is 9.21. The first-order valence-electron chi connectivity index (χ1n) is 7.23. The van der Waals surface area contributed by atoms with Gasteiger partial charge in [0.15, 0.2) is 0 Å². The van der Waals surface area contributed by atoms with Crippen molar-refractivity contribution in [2.24, 2.45) is 0 Å². The first kappa shape index (κ1) is 16.5. The van der Waals surface area contributed by atoms with Gasteiger partial charge in [0.25, 0.3) is 0 Å². The van der Waals surface area contributed by atoms with E-state index in [1.165, 1.54) is 0 Å². The lowest BCUT2D eigenvalue weighted by atomic mass is 10.1. The first-order valence-corrected chi connectivity index (χ1v) is 8.71. The molecule has 0 radical (unpaired) electrons. The monoisotopic (exact) mass is 319 g/mol. The van der Waals surface area contributed by atoms with Crippen LogP contribution in [0.4, 0.5) is 0 Å². The van der Waals surface area contributed by atoms with Crippen molar-refractivity contribution in [3.05, 3.63) is 59.2 Å². The van der Waals surface area contributed by atoms with Gasteiger partial charge in [-0.1, -0.05) is 29.8 Å². The van der Waals surface area contributed by atoms with E-state index >= 15 is 0 Å². The summed E-state index contributed by atoms with van der Waals surface area (Å²) < 4.78 is 27.2. The highest BCUT2D eigenvalue weighted by atomic mass is 32.2. The van der Waals surface area contributed by atoms with E-state index in [1.54, 1.807) is 31.2 Å². The Morgan fingerprint density at radius 1 is 1.05 bits per heavy atom. The molecule has 2 N–H and O–H groups in total. The van der Waals surface area contributed by atoms with Gasteiger partial charge in [-0.3, -0.25) is 0 Å². The maximum absolute atomic E-state index is 12.3. The highest BCUT2D eigenvalue weighted by Gasteiger charge is 2.15. The minimum atomic E-state index is -3.46. The molecule has 0 fully saturated rings. The molecule has 2 rings (SSSR count). The van der Waals surface area contributed by atoms with E-state index in [0.29, 0.717) is 17.9 Å². The molecule has 0 heterocycles. The van der Waals surface area contributed by atoms with Crippen molar-refractivity contribution in [1.82, 2.24) is 4.72 Å². The van der Waals surface area contributed by atoms with Crippen LogP contribution >= 0.6 is 0 Å².